The van der Waals surface area contributed by atoms with Gasteiger partial charge in [-0.15, -0.1) is 0 Å². The van der Waals surface area contributed by atoms with Crippen molar-refractivity contribution < 1.29 is 33.6 Å². The third-order valence-corrected chi connectivity index (χ3v) is 6.56. The molecule has 0 saturated carbocycles. The van der Waals surface area contributed by atoms with Crippen LogP contribution in [0.15, 0.2) is 60.2 Å². The smallest absolute Gasteiger partial charge is 0.300 e. The van der Waals surface area contributed by atoms with E-state index in [2.05, 4.69) is 0 Å². The van der Waals surface area contributed by atoms with Crippen molar-refractivity contribution in [3.05, 3.63) is 81.3 Å². The van der Waals surface area contributed by atoms with Gasteiger partial charge in [0.15, 0.2) is 11.5 Å². The lowest BCUT2D eigenvalue weighted by Gasteiger charge is -2.26. The predicted molar refractivity (Wildman–Crippen MR) is 145 cm³/mol. The summed E-state index contributed by atoms with van der Waals surface area (Å²) in [6.45, 7) is 2.18. The normalized spacial score (nSPS) is 16.5. The number of anilines is 1. The highest BCUT2D eigenvalue weighted by atomic mass is 35.5. The van der Waals surface area contributed by atoms with Crippen LogP contribution < -0.4 is 23.8 Å². The topological polar surface area (TPSA) is 94.5 Å². The van der Waals surface area contributed by atoms with Crippen molar-refractivity contribution in [2.24, 2.45) is 0 Å². The van der Waals surface area contributed by atoms with E-state index in [9.17, 15) is 14.7 Å². The summed E-state index contributed by atoms with van der Waals surface area (Å²) >= 11 is 12.5. The van der Waals surface area contributed by atoms with Crippen molar-refractivity contribution in [1.29, 1.82) is 0 Å². The summed E-state index contributed by atoms with van der Waals surface area (Å²) in [5.74, 6) is -0.648. The fourth-order valence-electron chi connectivity index (χ4n) is 4.38. The molecular formula is C28H25Cl2NO7. The third kappa shape index (κ3) is 4.85. The van der Waals surface area contributed by atoms with E-state index < -0.39 is 23.5 Å². The fourth-order valence-corrected chi connectivity index (χ4v) is 4.95. The number of halogens is 2. The lowest BCUT2D eigenvalue weighted by molar-refractivity contribution is -0.132. The van der Waals surface area contributed by atoms with E-state index in [1.54, 1.807) is 42.5 Å². The molecule has 1 unspecified atom stereocenters. The van der Waals surface area contributed by atoms with Crippen molar-refractivity contribution in [2.75, 3.05) is 32.8 Å². The first-order valence-electron chi connectivity index (χ1n) is 11.5. The van der Waals surface area contributed by atoms with Gasteiger partial charge in [0.25, 0.3) is 11.7 Å². The summed E-state index contributed by atoms with van der Waals surface area (Å²) in [6, 6.07) is 13.5. The summed E-state index contributed by atoms with van der Waals surface area (Å²) in [5.41, 5.74) is 0.816. The SMILES string of the molecule is CCOc1cc(C2/C(=C(\O)c3cc(Cl)cc(Cl)c3OC)C(=O)C(=O)N2c2ccc(OC)cc2)ccc1OC. The molecule has 1 aliphatic heterocycles. The molecule has 1 amide bonds. The van der Waals surface area contributed by atoms with E-state index in [4.69, 9.17) is 42.1 Å². The highest BCUT2D eigenvalue weighted by Gasteiger charge is 2.47. The largest absolute Gasteiger partial charge is 0.507 e. The minimum absolute atomic E-state index is 0.0706. The molecule has 1 N–H and O–H groups in total. The monoisotopic (exact) mass is 557 g/mol. The number of Topliss-reactive ketones (excluding diaryl/α,β-unsaturated/α-hetero) is 1. The zero-order valence-electron chi connectivity index (χ0n) is 21.1. The molecule has 1 aliphatic rings. The van der Waals surface area contributed by atoms with E-state index in [0.29, 0.717) is 35.1 Å². The molecule has 0 radical (unpaired) electrons. The average molecular weight is 558 g/mol. The Balaban J connectivity index is 2.01. The van der Waals surface area contributed by atoms with Gasteiger partial charge in [0.1, 0.15) is 17.3 Å². The number of hydrogen-bond donors (Lipinski definition) is 1. The van der Waals surface area contributed by atoms with Gasteiger partial charge in [0, 0.05) is 10.7 Å². The van der Waals surface area contributed by atoms with Gasteiger partial charge in [0.2, 0.25) is 0 Å². The predicted octanol–water partition coefficient (Wildman–Crippen LogP) is 6.04. The van der Waals surface area contributed by atoms with Crippen molar-refractivity contribution in [1.82, 2.24) is 0 Å². The molecular weight excluding hydrogens is 533 g/mol. The van der Waals surface area contributed by atoms with Crippen molar-refractivity contribution in [2.45, 2.75) is 13.0 Å². The number of nitrogens with zero attached hydrogens (tertiary/aromatic N) is 1. The van der Waals surface area contributed by atoms with Crippen LogP contribution in [0.2, 0.25) is 10.0 Å². The first-order chi connectivity index (χ1) is 18.2. The van der Waals surface area contributed by atoms with Crippen molar-refractivity contribution in [3.8, 4) is 23.0 Å². The number of ether oxygens (including phenoxy) is 4. The van der Waals surface area contributed by atoms with E-state index in [1.165, 1.54) is 38.4 Å². The molecule has 0 aromatic heterocycles. The minimum Gasteiger partial charge on any atom is -0.507 e. The zero-order valence-corrected chi connectivity index (χ0v) is 22.6. The number of aliphatic hydroxyl groups excluding tert-OH is 1. The molecule has 0 bridgehead atoms. The molecule has 1 fully saturated rings. The quantitative estimate of drug-likeness (QED) is 0.205. The van der Waals surface area contributed by atoms with Crippen LogP contribution in [0.25, 0.3) is 5.76 Å². The lowest BCUT2D eigenvalue weighted by atomic mass is 9.94. The number of aliphatic hydroxyl groups is 1. The van der Waals surface area contributed by atoms with Gasteiger partial charge < -0.3 is 24.1 Å². The summed E-state index contributed by atoms with van der Waals surface area (Å²) < 4.78 is 21.8. The summed E-state index contributed by atoms with van der Waals surface area (Å²) in [7, 11) is 4.41. The first-order valence-corrected chi connectivity index (χ1v) is 12.3. The molecule has 0 aliphatic carbocycles. The number of carbonyl (C=O) groups is 2. The number of ketones is 1. The van der Waals surface area contributed by atoms with Crippen LogP contribution in [0.1, 0.15) is 24.1 Å². The number of amides is 1. The van der Waals surface area contributed by atoms with Crippen LogP contribution in [0, 0.1) is 0 Å². The Morgan fingerprint density at radius 3 is 2.24 bits per heavy atom. The maximum absolute atomic E-state index is 13.5. The average Bonchev–Trinajstić information content (AvgIpc) is 3.18. The standard InChI is InChI=1S/C28H25Cl2NO7/c1-5-38-22-12-15(6-11-21(22)36-3)24-23(25(32)19-13-16(29)14-20(30)27(19)37-4)26(33)28(34)31(24)17-7-9-18(35-2)10-8-17/h6-14,24,32H,5H2,1-4H3/b25-23+. The molecule has 0 spiro atoms. The molecule has 8 nitrogen and oxygen atoms in total. The Morgan fingerprint density at radius 2 is 1.63 bits per heavy atom. The van der Waals surface area contributed by atoms with E-state index in [0.717, 1.165) is 0 Å². The Bertz CT molecular complexity index is 1420. The Kier molecular flexibility index (Phi) is 8.04. The van der Waals surface area contributed by atoms with Gasteiger partial charge in [-0.3, -0.25) is 14.5 Å². The zero-order chi connectivity index (χ0) is 27.6. The highest BCUT2D eigenvalue weighted by molar-refractivity contribution is 6.52. The van der Waals surface area contributed by atoms with E-state index in [1.807, 2.05) is 6.92 Å². The van der Waals surface area contributed by atoms with Gasteiger partial charge in [-0.1, -0.05) is 29.3 Å². The second kappa shape index (κ2) is 11.2. The Morgan fingerprint density at radius 1 is 0.921 bits per heavy atom. The number of methoxy groups -OCH3 is 3. The summed E-state index contributed by atoms with van der Waals surface area (Å²) in [5, 5.41) is 11.9. The third-order valence-electron chi connectivity index (χ3n) is 6.07. The molecule has 198 valence electrons. The van der Waals surface area contributed by atoms with E-state index in [-0.39, 0.29) is 26.9 Å². The Labute approximate surface area is 229 Å². The van der Waals surface area contributed by atoms with Gasteiger partial charge in [-0.2, -0.15) is 0 Å². The van der Waals surface area contributed by atoms with Crippen LogP contribution in [0.5, 0.6) is 23.0 Å². The molecule has 3 aromatic carbocycles. The molecule has 1 atom stereocenters. The molecule has 1 saturated heterocycles. The van der Waals surface area contributed by atoms with Crippen LogP contribution in [0.3, 0.4) is 0 Å². The van der Waals surface area contributed by atoms with Crippen LogP contribution >= 0.6 is 23.2 Å². The van der Waals surface area contributed by atoms with Gasteiger partial charge >= 0.3 is 0 Å². The fraction of sp³-hybridized carbons (Fsp3) is 0.214. The van der Waals surface area contributed by atoms with Gasteiger partial charge in [-0.05, 0) is 61.0 Å². The highest BCUT2D eigenvalue weighted by Crippen LogP contribution is 2.46. The molecule has 1 heterocycles. The minimum atomic E-state index is -1.03. The molecule has 38 heavy (non-hydrogen) atoms. The van der Waals surface area contributed by atoms with Crippen LogP contribution in [-0.4, -0.2) is 44.7 Å². The summed E-state index contributed by atoms with van der Waals surface area (Å²) in [6.07, 6.45) is 0. The van der Waals surface area contributed by atoms with Crippen molar-refractivity contribution in [3.63, 3.8) is 0 Å². The second-order valence-electron chi connectivity index (χ2n) is 8.18. The number of benzene rings is 3. The number of hydrogen-bond acceptors (Lipinski definition) is 7. The van der Waals surface area contributed by atoms with Crippen LogP contribution in [-0.2, 0) is 9.59 Å². The number of carbonyl (C=O) groups excluding carboxylic acids is 2. The maximum atomic E-state index is 13.5. The number of rotatable bonds is 8. The van der Waals surface area contributed by atoms with Crippen molar-refractivity contribution >= 4 is 46.3 Å². The molecule has 10 heteroatoms. The van der Waals surface area contributed by atoms with Gasteiger partial charge in [0.05, 0.1) is 50.1 Å². The second-order valence-corrected chi connectivity index (χ2v) is 9.02. The lowest BCUT2D eigenvalue weighted by Crippen LogP contribution is -2.29. The Hall–Kier alpha value is -3.88. The maximum Gasteiger partial charge on any atom is 0.300 e. The van der Waals surface area contributed by atoms with E-state index >= 15 is 0 Å². The molecule has 4 rings (SSSR count). The molecule has 3 aromatic rings. The summed E-state index contributed by atoms with van der Waals surface area (Å²) in [4.78, 5) is 28.3. The first kappa shape index (κ1) is 27.2. The van der Waals surface area contributed by atoms with Crippen LogP contribution in [0.4, 0.5) is 5.69 Å². The van der Waals surface area contributed by atoms with Gasteiger partial charge in [-0.25, -0.2) is 0 Å².